The molecule has 0 fully saturated rings. The van der Waals surface area contributed by atoms with Gasteiger partial charge in [-0.1, -0.05) is 53.1 Å². The number of pyridine rings is 6. The molecule has 9 heterocycles. The van der Waals surface area contributed by atoms with E-state index in [9.17, 15) is 59.0 Å². The zero-order valence-corrected chi connectivity index (χ0v) is 54.1. The minimum absolute atomic E-state index is 0. The second kappa shape index (κ2) is 32.4. The molecule has 33 heteroatoms. The molecule has 0 atom stereocenters. The Labute approximate surface area is 550 Å². The van der Waals surface area contributed by atoms with Gasteiger partial charge in [-0.2, -0.15) is 39.5 Å². The van der Waals surface area contributed by atoms with Crippen molar-refractivity contribution in [3.05, 3.63) is 162 Å². The van der Waals surface area contributed by atoms with Gasteiger partial charge in [0, 0.05) is 68.5 Å². The van der Waals surface area contributed by atoms with Gasteiger partial charge in [-0.15, -0.1) is 34.0 Å². The number of carboxylic acid groups (broad SMARTS) is 1. The third-order valence-electron chi connectivity index (χ3n) is 12.0. The summed E-state index contributed by atoms with van der Waals surface area (Å²) < 4.78 is 123. The summed E-state index contributed by atoms with van der Waals surface area (Å²) >= 11 is 9.62. The number of nitrogens with two attached hydrogens (primary N) is 1. The fourth-order valence-electron chi connectivity index (χ4n) is 7.79. The van der Waals surface area contributed by atoms with E-state index in [1.807, 2.05) is 48.5 Å². The first-order chi connectivity index (χ1) is 42.1. The van der Waals surface area contributed by atoms with Gasteiger partial charge in [0.25, 0.3) is 0 Å². The number of ether oxygens (including phenoxy) is 2. The Morgan fingerprint density at radius 3 is 1.17 bits per heavy atom. The molecule has 0 aliphatic heterocycles. The van der Waals surface area contributed by atoms with Crippen LogP contribution in [0.3, 0.4) is 0 Å². The van der Waals surface area contributed by atoms with E-state index in [-0.39, 0.29) is 70.0 Å². The van der Waals surface area contributed by atoms with E-state index in [1.54, 1.807) is 38.4 Å². The number of halogens is 10. The average molecular weight is 1360 g/mol. The van der Waals surface area contributed by atoms with Gasteiger partial charge in [-0.25, -0.2) is 44.3 Å². The van der Waals surface area contributed by atoms with Crippen LogP contribution >= 0.6 is 45.6 Å². The van der Waals surface area contributed by atoms with Gasteiger partial charge in [0.15, 0.2) is 15.4 Å². The van der Waals surface area contributed by atoms with Crippen molar-refractivity contribution in [3.8, 4) is 33.8 Å². The number of rotatable bonds is 13. The molecule has 0 radical (unpaired) electrons. The van der Waals surface area contributed by atoms with Crippen LogP contribution in [0.1, 0.15) is 139 Å². The first-order valence-corrected chi connectivity index (χ1v) is 29.3. The SMILES string of the molecule is CC(C)c1sc(N)nc1-c1ccc(C(F)(F)F)nc1.COC(=O)c1cc(C)cnc1Cl.COC(=O)c1cc(C)cnc1Nc1nc(-c2ccc(C(F)(F)F)nc2)c(C(C)C)s1.Cc1cnc(Nc2nc(-c3ccc(C(F)(F)F)nc3)c(C(C)C)s2)c(C(=O)O)c1.[Li+].[OH-]. The first-order valence-electron chi connectivity index (χ1n) is 26.5. The van der Waals surface area contributed by atoms with Gasteiger partial charge < -0.3 is 36.4 Å². The molecule has 6 N–H and O–H groups in total. The number of esters is 2. The number of nitrogens with one attached hydrogen (secondary N) is 2. The summed E-state index contributed by atoms with van der Waals surface area (Å²) in [7, 11) is 2.59. The monoisotopic (exact) mass is 1350 g/mol. The van der Waals surface area contributed by atoms with Crippen molar-refractivity contribution < 1.29 is 92.8 Å². The average Bonchev–Trinajstić information content (AvgIpc) is 2.31. The maximum atomic E-state index is 12.8. The number of carbonyl (C=O) groups excluding carboxylic acids is 2. The van der Waals surface area contributed by atoms with E-state index in [4.69, 9.17) is 22.1 Å². The summed E-state index contributed by atoms with van der Waals surface area (Å²) in [4.78, 5) is 73.1. The van der Waals surface area contributed by atoms with Crippen LogP contribution in [0.5, 0.6) is 0 Å². The molecule has 0 saturated heterocycles. The molecule has 0 aromatic carbocycles. The minimum Gasteiger partial charge on any atom is -0.870 e. The molecule has 0 saturated carbocycles. The summed E-state index contributed by atoms with van der Waals surface area (Å²) in [5.74, 6) is -1.38. The van der Waals surface area contributed by atoms with Crippen molar-refractivity contribution >= 4 is 90.5 Å². The molecule has 0 amide bonds. The summed E-state index contributed by atoms with van der Waals surface area (Å²) in [5, 5.41) is 16.8. The van der Waals surface area contributed by atoms with Gasteiger partial charge >= 0.3 is 55.3 Å². The van der Waals surface area contributed by atoms with Gasteiger partial charge in [0.05, 0.1) is 36.9 Å². The summed E-state index contributed by atoms with van der Waals surface area (Å²) in [6.07, 6.45) is -5.23. The van der Waals surface area contributed by atoms with E-state index < -0.39 is 53.5 Å². The summed E-state index contributed by atoms with van der Waals surface area (Å²) in [6, 6.07) is 11.6. The minimum atomic E-state index is -4.52. The summed E-state index contributed by atoms with van der Waals surface area (Å²) in [6.45, 7) is 17.1. The quantitative estimate of drug-likeness (QED) is 0.0361. The molecule has 0 bridgehead atoms. The number of hydrogen-bond donors (Lipinski definition) is 4. The zero-order valence-electron chi connectivity index (χ0n) is 50.9. The molecule has 9 aromatic rings. The van der Waals surface area contributed by atoms with Crippen molar-refractivity contribution in [1.29, 1.82) is 0 Å². The first kappa shape index (κ1) is 76.3. The Kier molecular flexibility index (Phi) is 26.9. The molecule has 0 unspecified atom stereocenters. The van der Waals surface area contributed by atoms with Crippen molar-refractivity contribution in [2.24, 2.45) is 0 Å². The maximum Gasteiger partial charge on any atom is 1.00 e. The van der Waals surface area contributed by atoms with Crippen LogP contribution in [0.25, 0.3) is 33.8 Å². The van der Waals surface area contributed by atoms with Crippen LogP contribution in [-0.4, -0.2) is 87.6 Å². The van der Waals surface area contributed by atoms with Crippen molar-refractivity contribution in [2.45, 2.75) is 98.6 Å². The van der Waals surface area contributed by atoms with Crippen LogP contribution in [-0.2, 0) is 28.0 Å². The van der Waals surface area contributed by atoms with Gasteiger partial charge in [0.1, 0.15) is 45.0 Å². The van der Waals surface area contributed by atoms with Crippen LogP contribution in [0.4, 0.5) is 66.5 Å². The number of aromatic nitrogens is 9. The Bertz CT molecular complexity index is 3980. The standard InChI is InChI=1S/C20H19F3N4O2S.C19H17F3N4O2S.C12H12F3N3S.C8H8ClNO2.Li.H2O/c1-10(2)16-15(12-5-6-14(24-9-12)20(21,22)23)26-19(30-16)27-17-13(18(28)29-4)7-11(3)8-25-17;1-9(2)15-14(11-4-5-13(23-8-11)19(20,21)22)25-18(29-15)26-16-12(17(27)28)6-10(3)7-24-16;1-6(2)10-9(18-11(16)19-10)7-3-4-8(17-5-7)12(13,14)15;1-5-3-6(8(11)12-2)7(9)10-4-5;;/h5-10H,1-4H3,(H,25,26,27);4-9H,1-3H3,(H,27,28)(H,24,25,26);3-6H,1-2H3,(H2,16,18);3-4H,1-2H3;;1H2/q;;;;+1;/p-1. The number of methoxy groups -OCH3 is 2. The van der Waals surface area contributed by atoms with Crippen LogP contribution in [0, 0.1) is 20.8 Å². The number of nitrogens with zero attached hydrogens (tertiary/aromatic N) is 9. The van der Waals surface area contributed by atoms with Crippen molar-refractivity contribution in [2.75, 3.05) is 30.6 Å². The fourth-order valence-corrected chi connectivity index (χ4v) is 10.8. The molecule has 0 aliphatic carbocycles. The Morgan fingerprint density at radius 2 is 0.837 bits per heavy atom. The molecule has 92 heavy (non-hydrogen) atoms. The second-order valence-electron chi connectivity index (χ2n) is 20.2. The van der Waals surface area contributed by atoms with Gasteiger partial charge in [-0.3, -0.25) is 15.0 Å². The third kappa shape index (κ3) is 20.2. The summed E-state index contributed by atoms with van der Waals surface area (Å²) in [5.41, 5.74) is 8.85. The van der Waals surface area contributed by atoms with E-state index in [2.05, 4.69) is 60.2 Å². The van der Waals surface area contributed by atoms with Crippen molar-refractivity contribution in [1.82, 2.24) is 44.9 Å². The number of alkyl halides is 9. The maximum absolute atomic E-state index is 12.8. The molecule has 9 rings (SSSR count). The Hall–Kier alpha value is -8.18. The predicted molar refractivity (Wildman–Crippen MR) is 328 cm³/mol. The largest absolute Gasteiger partial charge is 1.00 e. The normalized spacial score (nSPS) is 11.2. The number of aryl methyl sites for hydroxylation is 3. The molecule has 9 aromatic heterocycles. The number of carbonyl (C=O) groups is 3. The molecule has 0 spiro atoms. The zero-order chi connectivity index (χ0) is 66.7. The number of aromatic carboxylic acids is 1. The van der Waals surface area contributed by atoms with E-state index in [0.29, 0.717) is 60.3 Å². The number of thiazole rings is 3. The predicted octanol–water partition coefficient (Wildman–Crippen LogP) is 13.7. The third-order valence-corrected chi connectivity index (χ3v) is 16.1. The number of hydrogen-bond acceptors (Lipinski definition) is 21. The molecular formula is C59H57ClF9LiN12O7S3. The molecular weight excluding hydrogens is 1300 g/mol. The van der Waals surface area contributed by atoms with Crippen LogP contribution in [0.2, 0.25) is 5.15 Å². The fraction of sp³-hybridized carbons (Fsp3) is 0.288. The Morgan fingerprint density at radius 1 is 0.511 bits per heavy atom. The number of nitrogen functional groups attached to an aromatic ring is 1. The van der Waals surface area contributed by atoms with Gasteiger partial charge in [0.2, 0.25) is 0 Å². The van der Waals surface area contributed by atoms with E-state index in [0.717, 1.165) is 56.4 Å². The number of carboxylic acids is 1. The molecule has 0 aliphatic rings. The van der Waals surface area contributed by atoms with E-state index >= 15 is 0 Å². The Balaban J connectivity index is 0.000000272. The van der Waals surface area contributed by atoms with Crippen molar-refractivity contribution in [3.63, 3.8) is 0 Å². The van der Waals surface area contributed by atoms with Crippen LogP contribution in [0.15, 0.2) is 91.8 Å². The smallest absolute Gasteiger partial charge is 0.870 e. The molecule has 484 valence electrons. The topological polar surface area (TPSA) is 286 Å². The second-order valence-corrected chi connectivity index (χ2v) is 23.7. The van der Waals surface area contributed by atoms with Crippen LogP contribution < -0.4 is 35.2 Å². The van der Waals surface area contributed by atoms with Gasteiger partial charge in [-0.05, 0) is 110 Å². The molecule has 19 nitrogen and oxygen atoms in total. The number of anilines is 5. The van der Waals surface area contributed by atoms with E-state index in [1.165, 1.54) is 84.9 Å².